The molecule has 0 saturated heterocycles. The fourth-order valence-electron chi connectivity index (χ4n) is 8.45. The molecule has 10 heteroatoms. The lowest BCUT2D eigenvalue weighted by Gasteiger charge is -2.27. The molecule has 0 aliphatic carbocycles. The number of unbranched alkanes of at least 4 members (excludes halogenated alkanes) is 28. The molecule has 0 radical (unpaired) electrons. The summed E-state index contributed by atoms with van der Waals surface area (Å²) in [6.45, 7) is 6.87. The van der Waals surface area contributed by atoms with Crippen molar-refractivity contribution in [2.75, 3.05) is 40.9 Å². The predicted octanol–water partition coefficient (Wildman–Crippen LogP) is 18.4. The smallest absolute Gasteiger partial charge is 0.456 e. The fourth-order valence-corrected chi connectivity index (χ4v) is 9.19. The quantitative estimate of drug-likeness (QED) is 0.0205. The number of ether oxygens (including phenoxy) is 1. The molecule has 0 heterocycles. The van der Waals surface area contributed by atoms with E-state index in [1.165, 1.54) is 135 Å². The summed E-state index contributed by atoms with van der Waals surface area (Å²) < 4.78 is 30.7. The first-order valence-corrected chi connectivity index (χ1v) is 31.8. The molecule has 1 amide bonds. The van der Waals surface area contributed by atoms with Crippen molar-refractivity contribution in [3.8, 4) is 0 Å². The van der Waals surface area contributed by atoms with Crippen LogP contribution in [0.15, 0.2) is 72.9 Å². The monoisotopic (exact) mass is 1040 g/mol. The van der Waals surface area contributed by atoms with E-state index in [9.17, 15) is 19.0 Å². The number of quaternary nitrogens is 1. The molecule has 9 nitrogen and oxygen atoms in total. The first-order chi connectivity index (χ1) is 35.4. The number of likely N-dealkylation sites (N-methyl/N-ethyl adjacent to an activating group) is 1. The summed E-state index contributed by atoms with van der Waals surface area (Å²) in [6.07, 6.45) is 67.5. The minimum absolute atomic E-state index is 0.0345. The Morgan fingerprint density at radius 3 is 1.34 bits per heavy atom. The Balaban J connectivity index is 5.30. The molecular weight excluding hydrogens is 928 g/mol. The highest BCUT2D eigenvalue weighted by molar-refractivity contribution is 7.47. The maximum Gasteiger partial charge on any atom is 0.472 e. The Morgan fingerprint density at radius 2 is 0.877 bits per heavy atom. The highest BCUT2D eigenvalue weighted by Gasteiger charge is 2.30. The lowest BCUT2D eigenvalue weighted by Crippen LogP contribution is -2.47. The molecule has 0 aromatic carbocycles. The van der Waals surface area contributed by atoms with Gasteiger partial charge in [0.05, 0.1) is 33.8 Å². The van der Waals surface area contributed by atoms with Crippen molar-refractivity contribution in [3.05, 3.63) is 72.9 Å². The van der Waals surface area contributed by atoms with E-state index in [0.717, 1.165) is 96.3 Å². The van der Waals surface area contributed by atoms with E-state index in [4.69, 9.17) is 13.8 Å². The van der Waals surface area contributed by atoms with E-state index in [0.29, 0.717) is 17.4 Å². The molecule has 424 valence electrons. The van der Waals surface area contributed by atoms with E-state index in [2.05, 4.69) is 86.8 Å². The molecule has 3 atom stereocenters. The third-order valence-corrected chi connectivity index (χ3v) is 14.1. The molecule has 0 aliphatic heterocycles. The zero-order chi connectivity index (χ0) is 53.6. The largest absolute Gasteiger partial charge is 0.472 e. The Bertz CT molecular complexity index is 1480. The number of rotatable bonds is 54. The maximum atomic E-state index is 13.5. The lowest BCUT2D eigenvalue weighted by atomic mass is 10.0. The van der Waals surface area contributed by atoms with Crippen LogP contribution in [0.4, 0.5) is 0 Å². The average molecular weight is 1040 g/mol. The standard InChI is InChI=1S/C63H115N2O7P/c1-7-10-13-16-19-22-25-28-30-32-33-34-36-38-41-44-47-50-53-56-63(67)72-61(54-51-48-45-42-39-27-24-21-18-15-12-9-3)60(59-71-73(68,69)70-58-57-65(4,5)6)64-62(66)55-52-49-46-43-40-37-35-31-29-26-23-20-17-14-11-8-2/h11,14,19-20,22-23,28-31,51,54,60-61H,7-10,12-13,15-18,21,24-27,32-50,52-53,55-59H2,1-6H3,(H-,64,66,68,69)/p+1/b14-11+,22-19-,23-20+,30-28-,31-29+,54-51+. The Labute approximate surface area is 451 Å². The Morgan fingerprint density at radius 1 is 0.493 bits per heavy atom. The number of phosphoric ester groups is 1. The van der Waals surface area contributed by atoms with Crippen LogP contribution in [0.2, 0.25) is 0 Å². The highest BCUT2D eigenvalue weighted by atomic mass is 31.2. The van der Waals surface area contributed by atoms with Gasteiger partial charge in [-0.1, -0.05) is 229 Å². The molecule has 73 heavy (non-hydrogen) atoms. The van der Waals surface area contributed by atoms with Gasteiger partial charge in [0, 0.05) is 12.8 Å². The van der Waals surface area contributed by atoms with Crippen LogP contribution in [0.25, 0.3) is 0 Å². The minimum atomic E-state index is -4.45. The van der Waals surface area contributed by atoms with Gasteiger partial charge in [0.15, 0.2) is 0 Å². The third kappa shape index (κ3) is 54.1. The van der Waals surface area contributed by atoms with Crippen LogP contribution in [-0.4, -0.2) is 74.3 Å². The Hall–Kier alpha value is -2.55. The molecule has 3 unspecified atom stereocenters. The van der Waals surface area contributed by atoms with Gasteiger partial charge < -0.3 is 19.4 Å². The summed E-state index contributed by atoms with van der Waals surface area (Å²) in [4.78, 5) is 37.7. The number of carbonyl (C=O) groups is 2. The lowest BCUT2D eigenvalue weighted by molar-refractivity contribution is -0.870. The summed E-state index contributed by atoms with van der Waals surface area (Å²) in [5.74, 6) is -0.524. The first kappa shape index (κ1) is 70.5. The number of hydrogen-bond acceptors (Lipinski definition) is 6. The van der Waals surface area contributed by atoms with Gasteiger partial charge in [0.25, 0.3) is 0 Å². The number of nitrogens with one attached hydrogen (secondary N) is 1. The topological polar surface area (TPSA) is 111 Å². The highest BCUT2D eigenvalue weighted by Crippen LogP contribution is 2.43. The summed E-state index contributed by atoms with van der Waals surface area (Å²) in [6, 6.07) is -0.859. The molecule has 0 fully saturated rings. The number of allylic oxidation sites excluding steroid dienone is 11. The van der Waals surface area contributed by atoms with Crippen LogP contribution in [0.5, 0.6) is 0 Å². The van der Waals surface area contributed by atoms with Crippen molar-refractivity contribution in [1.29, 1.82) is 0 Å². The SMILES string of the molecule is CC/C=C/C/C=C/C/C=C/CCCCCCCCC(=O)NC(COP(=O)(O)OCC[N+](C)(C)C)C(/C=C/CCCCCCCCCCCC)OC(=O)CCCCCCCCCCC/C=C\C/C=C\CCCCC. The van der Waals surface area contributed by atoms with Crippen LogP contribution >= 0.6 is 7.82 Å². The second kappa shape index (κ2) is 52.9. The third-order valence-electron chi connectivity index (χ3n) is 13.1. The number of carbonyl (C=O) groups excluding carboxylic acids is 2. The van der Waals surface area contributed by atoms with Gasteiger partial charge in [-0.05, 0) is 96.0 Å². The average Bonchev–Trinajstić information content (AvgIpc) is 3.35. The van der Waals surface area contributed by atoms with E-state index in [1.54, 1.807) is 0 Å². The zero-order valence-electron chi connectivity index (χ0n) is 48.4. The van der Waals surface area contributed by atoms with Gasteiger partial charge in [-0.25, -0.2) is 4.57 Å². The van der Waals surface area contributed by atoms with Gasteiger partial charge in [-0.2, -0.15) is 0 Å². The molecule has 0 saturated carbocycles. The van der Waals surface area contributed by atoms with Crippen LogP contribution in [-0.2, 0) is 27.9 Å². The van der Waals surface area contributed by atoms with Crippen LogP contribution < -0.4 is 5.32 Å². The van der Waals surface area contributed by atoms with Gasteiger partial charge in [-0.15, -0.1) is 0 Å². The maximum absolute atomic E-state index is 13.5. The van der Waals surface area contributed by atoms with Crippen LogP contribution in [0.3, 0.4) is 0 Å². The van der Waals surface area contributed by atoms with Crippen molar-refractivity contribution in [2.24, 2.45) is 0 Å². The number of esters is 1. The number of amides is 1. The molecule has 0 aliphatic rings. The number of phosphoric acid groups is 1. The van der Waals surface area contributed by atoms with Gasteiger partial charge in [0.1, 0.15) is 19.3 Å². The van der Waals surface area contributed by atoms with E-state index >= 15 is 0 Å². The van der Waals surface area contributed by atoms with E-state index in [-0.39, 0.29) is 31.5 Å². The van der Waals surface area contributed by atoms with Crippen LogP contribution in [0.1, 0.15) is 265 Å². The van der Waals surface area contributed by atoms with Gasteiger partial charge >= 0.3 is 13.8 Å². The molecule has 0 rings (SSSR count). The minimum Gasteiger partial charge on any atom is -0.456 e. The molecule has 0 spiro atoms. The summed E-state index contributed by atoms with van der Waals surface area (Å²) in [5.41, 5.74) is 0. The fraction of sp³-hybridized carbons (Fsp3) is 0.778. The predicted molar refractivity (Wildman–Crippen MR) is 314 cm³/mol. The number of hydrogen-bond donors (Lipinski definition) is 2. The Kier molecular flexibility index (Phi) is 51.0. The van der Waals surface area contributed by atoms with E-state index < -0.39 is 20.0 Å². The molecule has 2 N–H and O–H groups in total. The van der Waals surface area contributed by atoms with E-state index in [1.807, 2.05) is 33.3 Å². The van der Waals surface area contributed by atoms with Crippen molar-refractivity contribution >= 4 is 19.7 Å². The molecular formula is C63H116N2O7P+. The van der Waals surface area contributed by atoms with Crippen molar-refractivity contribution in [2.45, 2.75) is 277 Å². The van der Waals surface area contributed by atoms with Gasteiger partial charge in [-0.3, -0.25) is 18.6 Å². The number of nitrogens with zero attached hydrogens (tertiary/aromatic N) is 1. The van der Waals surface area contributed by atoms with Crippen molar-refractivity contribution in [1.82, 2.24) is 5.32 Å². The summed E-state index contributed by atoms with van der Waals surface area (Å²) >= 11 is 0. The first-order valence-electron chi connectivity index (χ1n) is 30.3. The van der Waals surface area contributed by atoms with Crippen molar-refractivity contribution in [3.63, 3.8) is 0 Å². The molecule has 0 bridgehead atoms. The normalized spacial score (nSPS) is 14.2. The molecule has 0 aromatic rings. The van der Waals surface area contributed by atoms with Crippen molar-refractivity contribution < 1.29 is 37.3 Å². The zero-order valence-corrected chi connectivity index (χ0v) is 49.3. The van der Waals surface area contributed by atoms with Gasteiger partial charge in [0.2, 0.25) is 5.91 Å². The summed E-state index contributed by atoms with van der Waals surface area (Å²) in [5, 5.41) is 3.05. The summed E-state index contributed by atoms with van der Waals surface area (Å²) in [7, 11) is 1.48. The second-order valence-electron chi connectivity index (χ2n) is 21.5. The molecule has 0 aromatic heterocycles. The van der Waals surface area contributed by atoms with Crippen LogP contribution in [0, 0.1) is 0 Å². The second-order valence-corrected chi connectivity index (χ2v) is 22.9.